The standard InChI is InChI=1S/C19H23FN4O/c20-16-7-5-15(6-8-16)19(9-1-2-10-19)17(25)21-11-3-12-22-18-23-13-4-14-24-18/h4-8,13-14H,1-3,9-12H2,(H,21,25)(H,22,23,24). The molecule has 0 unspecified atom stereocenters. The van der Waals surface area contributed by atoms with E-state index in [-0.39, 0.29) is 11.7 Å². The molecule has 3 rings (SSSR count). The van der Waals surface area contributed by atoms with Crippen LogP contribution in [0.3, 0.4) is 0 Å². The third-order valence-electron chi connectivity index (χ3n) is 4.78. The van der Waals surface area contributed by atoms with E-state index in [0.29, 0.717) is 19.0 Å². The molecule has 0 aliphatic heterocycles. The van der Waals surface area contributed by atoms with E-state index in [1.807, 2.05) is 0 Å². The molecule has 1 amide bonds. The van der Waals surface area contributed by atoms with Crippen LogP contribution in [0, 0.1) is 5.82 Å². The summed E-state index contributed by atoms with van der Waals surface area (Å²) in [5.74, 6) is 0.367. The van der Waals surface area contributed by atoms with Crippen molar-refractivity contribution in [2.24, 2.45) is 0 Å². The van der Waals surface area contributed by atoms with Crippen LogP contribution in [0.4, 0.5) is 10.3 Å². The maximum absolute atomic E-state index is 13.2. The highest BCUT2D eigenvalue weighted by Gasteiger charge is 2.42. The fourth-order valence-electron chi connectivity index (χ4n) is 3.44. The average Bonchev–Trinajstić information content (AvgIpc) is 3.14. The van der Waals surface area contributed by atoms with Gasteiger partial charge in [-0.1, -0.05) is 25.0 Å². The van der Waals surface area contributed by atoms with Crippen LogP contribution in [-0.2, 0) is 10.2 Å². The van der Waals surface area contributed by atoms with E-state index in [4.69, 9.17) is 0 Å². The Morgan fingerprint density at radius 3 is 2.44 bits per heavy atom. The molecule has 0 radical (unpaired) electrons. The van der Waals surface area contributed by atoms with E-state index >= 15 is 0 Å². The smallest absolute Gasteiger partial charge is 0.230 e. The van der Waals surface area contributed by atoms with Gasteiger partial charge in [0.25, 0.3) is 0 Å². The lowest BCUT2D eigenvalue weighted by Crippen LogP contribution is -2.43. The zero-order valence-corrected chi connectivity index (χ0v) is 14.2. The summed E-state index contributed by atoms with van der Waals surface area (Å²) in [6.07, 6.45) is 7.84. The Morgan fingerprint density at radius 1 is 1.08 bits per heavy atom. The number of aromatic nitrogens is 2. The van der Waals surface area contributed by atoms with Gasteiger partial charge in [-0.3, -0.25) is 4.79 Å². The lowest BCUT2D eigenvalue weighted by molar-refractivity contribution is -0.126. The summed E-state index contributed by atoms with van der Waals surface area (Å²) in [6, 6.07) is 8.13. The summed E-state index contributed by atoms with van der Waals surface area (Å²) >= 11 is 0. The molecule has 1 aliphatic rings. The fraction of sp³-hybridized carbons (Fsp3) is 0.421. The molecule has 0 atom stereocenters. The number of nitrogens with zero attached hydrogens (tertiary/aromatic N) is 2. The summed E-state index contributed by atoms with van der Waals surface area (Å²) in [5.41, 5.74) is 0.406. The second kappa shape index (κ2) is 8.05. The van der Waals surface area contributed by atoms with Gasteiger partial charge in [0.1, 0.15) is 5.82 Å². The Bertz CT molecular complexity index is 684. The van der Waals surface area contributed by atoms with Crippen LogP contribution in [0.25, 0.3) is 0 Å². The maximum atomic E-state index is 13.2. The minimum Gasteiger partial charge on any atom is -0.355 e. The van der Waals surface area contributed by atoms with E-state index in [0.717, 1.165) is 37.7 Å². The molecule has 2 N–H and O–H groups in total. The SMILES string of the molecule is O=C(NCCCNc1ncccn1)C1(c2ccc(F)cc2)CCCC1. The molecule has 5 nitrogen and oxygen atoms in total. The first kappa shape index (κ1) is 17.3. The van der Waals surface area contributed by atoms with Crippen molar-refractivity contribution in [3.63, 3.8) is 0 Å². The number of rotatable bonds is 7. The van der Waals surface area contributed by atoms with Crippen molar-refractivity contribution in [2.45, 2.75) is 37.5 Å². The van der Waals surface area contributed by atoms with Gasteiger partial charge >= 0.3 is 0 Å². The number of benzene rings is 1. The van der Waals surface area contributed by atoms with Gasteiger partial charge in [0.2, 0.25) is 11.9 Å². The van der Waals surface area contributed by atoms with Crippen molar-refractivity contribution in [3.8, 4) is 0 Å². The number of carbonyl (C=O) groups excluding carboxylic acids is 1. The Balaban J connectivity index is 1.52. The summed E-state index contributed by atoms with van der Waals surface area (Å²) in [6.45, 7) is 1.27. The molecule has 6 heteroatoms. The molecule has 1 aromatic heterocycles. The maximum Gasteiger partial charge on any atom is 0.230 e. The van der Waals surface area contributed by atoms with Gasteiger partial charge in [0, 0.05) is 25.5 Å². The lowest BCUT2D eigenvalue weighted by Gasteiger charge is -2.28. The number of hydrogen-bond donors (Lipinski definition) is 2. The van der Waals surface area contributed by atoms with Gasteiger partial charge in [-0.15, -0.1) is 0 Å². The highest BCUT2D eigenvalue weighted by Crippen LogP contribution is 2.41. The molecule has 1 saturated carbocycles. The molecular formula is C19H23FN4O. The summed E-state index contributed by atoms with van der Waals surface area (Å²) in [7, 11) is 0. The molecule has 1 aliphatic carbocycles. The minimum atomic E-state index is -0.510. The summed E-state index contributed by atoms with van der Waals surface area (Å²) in [4.78, 5) is 21.0. The molecule has 0 spiro atoms. The minimum absolute atomic E-state index is 0.0487. The zero-order valence-electron chi connectivity index (χ0n) is 14.2. The van der Waals surface area contributed by atoms with Crippen molar-refractivity contribution in [1.82, 2.24) is 15.3 Å². The van der Waals surface area contributed by atoms with Gasteiger partial charge in [-0.2, -0.15) is 0 Å². The van der Waals surface area contributed by atoms with Crippen molar-refractivity contribution in [1.29, 1.82) is 0 Å². The average molecular weight is 342 g/mol. The third kappa shape index (κ3) is 4.13. The number of anilines is 1. The van der Waals surface area contributed by atoms with Crippen LogP contribution in [-0.4, -0.2) is 29.0 Å². The Kier molecular flexibility index (Phi) is 5.58. The van der Waals surface area contributed by atoms with Crippen molar-refractivity contribution < 1.29 is 9.18 Å². The molecule has 25 heavy (non-hydrogen) atoms. The number of hydrogen-bond acceptors (Lipinski definition) is 4. The first-order valence-electron chi connectivity index (χ1n) is 8.76. The quantitative estimate of drug-likeness (QED) is 0.759. The van der Waals surface area contributed by atoms with Gasteiger partial charge in [-0.25, -0.2) is 14.4 Å². The van der Waals surface area contributed by atoms with Gasteiger partial charge in [-0.05, 0) is 43.0 Å². The lowest BCUT2D eigenvalue weighted by atomic mass is 9.78. The molecule has 1 aromatic carbocycles. The highest BCUT2D eigenvalue weighted by molar-refractivity contribution is 5.88. The Labute approximate surface area is 147 Å². The third-order valence-corrected chi connectivity index (χ3v) is 4.78. The first-order chi connectivity index (χ1) is 12.2. The van der Waals surface area contributed by atoms with E-state index in [1.165, 1.54) is 12.1 Å². The monoisotopic (exact) mass is 342 g/mol. The Hall–Kier alpha value is -2.50. The van der Waals surface area contributed by atoms with Gasteiger partial charge in [0.15, 0.2) is 0 Å². The molecule has 0 bridgehead atoms. The summed E-state index contributed by atoms with van der Waals surface area (Å²) in [5, 5.41) is 6.17. The Morgan fingerprint density at radius 2 is 1.76 bits per heavy atom. The second-order valence-electron chi connectivity index (χ2n) is 6.40. The largest absolute Gasteiger partial charge is 0.355 e. The molecule has 0 saturated heterocycles. The highest BCUT2D eigenvalue weighted by atomic mass is 19.1. The molecular weight excluding hydrogens is 319 g/mol. The van der Waals surface area contributed by atoms with Crippen LogP contribution in [0.1, 0.15) is 37.7 Å². The van der Waals surface area contributed by atoms with Gasteiger partial charge < -0.3 is 10.6 Å². The number of halogens is 1. The van der Waals surface area contributed by atoms with E-state index in [9.17, 15) is 9.18 Å². The molecule has 2 aromatic rings. The van der Waals surface area contributed by atoms with Crippen LogP contribution >= 0.6 is 0 Å². The predicted molar refractivity (Wildman–Crippen MR) is 94.7 cm³/mol. The topological polar surface area (TPSA) is 66.9 Å². The van der Waals surface area contributed by atoms with E-state index in [2.05, 4.69) is 20.6 Å². The van der Waals surface area contributed by atoms with E-state index in [1.54, 1.807) is 30.6 Å². The summed E-state index contributed by atoms with van der Waals surface area (Å²) < 4.78 is 13.2. The van der Waals surface area contributed by atoms with Gasteiger partial charge in [0.05, 0.1) is 5.41 Å². The fourth-order valence-corrected chi connectivity index (χ4v) is 3.44. The zero-order chi connectivity index (χ0) is 17.5. The van der Waals surface area contributed by atoms with Crippen molar-refractivity contribution in [2.75, 3.05) is 18.4 Å². The van der Waals surface area contributed by atoms with Crippen molar-refractivity contribution >= 4 is 11.9 Å². The molecule has 1 fully saturated rings. The van der Waals surface area contributed by atoms with E-state index < -0.39 is 5.41 Å². The molecule has 1 heterocycles. The van der Waals surface area contributed by atoms with Crippen LogP contribution in [0.5, 0.6) is 0 Å². The normalized spacial score (nSPS) is 15.7. The first-order valence-corrected chi connectivity index (χ1v) is 8.76. The predicted octanol–water partition coefficient (Wildman–Crippen LogP) is 3.05. The number of amides is 1. The second-order valence-corrected chi connectivity index (χ2v) is 6.40. The van der Waals surface area contributed by atoms with Crippen LogP contribution < -0.4 is 10.6 Å². The number of nitrogens with one attached hydrogen (secondary N) is 2. The molecule has 132 valence electrons. The number of carbonyl (C=O) groups is 1. The van der Waals surface area contributed by atoms with Crippen LogP contribution in [0.15, 0.2) is 42.7 Å². The van der Waals surface area contributed by atoms with Crippen LogP contribution in [0.2, 0.25) is 0 Å². The van der Waals surface area contributed by atoms with Crippen molar-refractivity contribution in [3.05, 3.63) is 54.1 Å².